The van der Waals surface area contributed by atoms with Gasteiger partial charge in [0.05, 0.1) is 12.3 Å². The lowest BCUT2D eigenvalue weighted by atomic mass is 10.2. The normalized spacial score (nSPS) is 11.7. The monoisotopic (exact) mass is 390 g/mol. The van der Waals surface area contributed by atoms with Crippen LogP contribution in [-0.4, -0.2) is 18.6 Å². The molecule has 0 radical (unpaired) electrons. The highest BCUT2D eigenvalue weighted by atomic mass is 79.9. The van der Waals surface area contributed by atoms with E-state index < -0.39 is 0 Å². The van der Waals surface area contributed by atoms with E-state index in [1.54, 1.807) is 0 Å². The minimum Gasteiger partial charge on any atom is -0.494 e. The molecule has 0 aliphatic carbocycles. The van der Waals surface area contributed by atoms with Crippen LogP contribution in [0.15, 0.2) is 46.9 Å². The lowest BCUT2D eigenvalue weighted by Gasteiger charge is -2.17. The average molecular weight is 391 g/mol. The Hall–Kier alpha value is -2.01. The standard InChI is InChI=1S/C19H23BrN2O2/c1-4-10-24-16-7-5-6-15(12-16)21-14(3)19(23)22-18-9-8-13(2)11-17(18)20/h5-9,11-12,14,21H,4,10H2,1-3H3,(H,22,23). The summed E-state index contributed by atoms with van der Waals surface area (Å²) >= 11 is 3.47. The van der Waals surface area contributed by atoms with Crippen LogP contribution in [0, 0.1) is 6.92 Å². The van der Waals surface area contributed by atoms with Gasteiger partial charge in [0.1, 0.15) is 11.8 Å². The highest BCUT2D eigenvalue weighted by molar-refractivity contribution is 9.10. The van der Waals surface area contributed by atoms with Gasteiger partial charge in [-0.15, -0.1) is 0 Å². The fraction of sp³-hybridized carbons (Fsp3) is 0.316. The first-order valence-electron chi connectivity index (χ1n) is 8.06. The third-order valence-corrected chi connectivity index (χ3v) is 4.12. The van der Waals surface area contributed by atoms with E-state index in [0.29, 0.717) is 6.61 Å². The smallest absolute Gasteiger partial charge is 0.246 e. The average Bonchev–Trinajstić information content (AvgIpc) is 2.55. The third kappa shape index (κ3) is 5.27. The number of hydrogen-bond donors (Lipinski definition) is 2. The zero-order chi connectivity index (χ0) is 17.5. The Kier molecular flexibility index (Phi) is 6.67. The van der Waals surface area contributed by atoms with Gasteiger partial charge in [-0.2, -0.15) is 0 Å². The van der Waals surface area contributed by atoms with Crippen LogP contribution < -0.4 is 15.4 Å². The van der Waals surface area contributed by atoms with E-state index in [1.165, 1.54) is 0 Å². The summed E-state index contributed by atoms with van der Waals surface area (Å²) in [5.41, 5.74) is 2.75. The predicted octanol–water partition coefficient (Wildman–Crippen LogP) is 4.99. The predicted molar refractivity (Wildman–Crippen MR) is 103 cm³/mol. The van der Waals surface area contributed by atoms with Crippen LogP contribution in [0.5, 0.6) is 5.75 Å². The molecule has 0 aliphatic heterocycles. The number of rotatable bonds is 7. The van der Waals surface area contributed by atoms with Gasteiger partial charge in [-0.3, -0.25) is 4.79 Å². The number of benzene rings is 2. The molecule has 1 atom stereocenters. The SMILES string of the molecule is CCCOc1cccc(NC(C)C(=O)Nc2ccc(C)cc2Br)c1. The van der Waals surface area contributed by atoms with Crippen LogP contribution in [0.4, 0.5) is 11.4 Å². The number of nitrogens with one attached hydrogen (secondary N) is 2. The Labute approximate surface area is 151 Å². The van der Waals surface area contributed by atoms with E-state index in [-0.39, 0.29) is 11.9 Å². The molecule has 0 saturated heterocycles. The van der Waals surface area contributed by atoms with Crippen molar-refractivity contribution in [3.05, 3.63) is 52.5 Å². The number of anilines is 2. The van der Waals surface area contributed by atoms with Crippen LogP contribution in [0.1, 0.15) is 25.8 Å². The molecule has 2 aromatic rings. The van der Waals surface area contributed by atoms with Crippen LogP contribution in [0.3, 0.4) is 0 Å². The topological polar surface area (TPSA) is 50.4 Å². The molecule has 24 heavy (non-hydrogen) atoms. The van der Waals surface area contributed by atoms with Gasteiger partial charge in [0.2, 0.25) is 5.91 Å². The molecule has 0 aromatic heterocycles. The largest absolute Gasteiger partial charge is 0.494 e. The Morgan fingerprint density at radius 1 is 1.25 bits per heavy atom. The van der Waals surface area contributed by atoms with E-state index in [2.05, 4.69) is 33.5 Å². The Morgan fingerprint density at radius 2 is 2.04 bits per heavy atom. The molecule has 2 aromatic carbocycles. The molecular weight excluding hydrogens is 368 g/mol. The maximum absolute atomic E-state index is 12.4. The van der Waals surface area contributed by atoms with E-state index in [1.807, 2.05) is 56.3 Å². The van der Waals surface area contributed by atoms with Gasteiger partial charge in [-0.05, 0) is 66.0 Å². The van der Waals surface area contributed by atoms with Gasteiger partial charge in [-0.25, -0.2) is 0 Å². The van der Waals surface area contributed by atoms with Gasteiger partial charge in [0, 0.05) is 16.2 Å². The molecule has 0 heterocycles. The minimum absolute atomic E-state index is 0.0977. The molecule has 0 fully saturated rings. The number of halogens is 1. The molecule has 0 aliphatic rings. The van der Waals surface area contributed by atoms with Crippen LogP contribution in [0.25, 0.3) is 0 Å². The van der Waals surface area contributed by atoms with E-state index >= 15 is 0 Å². The summed E-state index contributed by atoms with van der Waals surface area (Å²) < 4.78 is 6.49. The van der Waals surface area contributed by atoms with Crippen LogP contribution in [-0.2, 0) is 4.79 Å². The number of aryl methyl sites for hydroxylation is 1. The van der Waals surface area contributed by atoms with Crippen LogP contribution in [0.2, 0.25) is 0 Å². The zero-order valence-electron chi connectivity index (χ0n) is 14.2. The number of amides is 1. The summed E-state index contributed by atoms with van der Waals surface area (Å²) in [5, 5.41) is 6.13. The second kappa shape index (κ2) is 8.73. The highest BCUT2D eigenvalue weighted by Crippen LogP contribution is 2.24. The Morgan fingerprint density at radius 3 is 2.75 bits per heavy atom. The molecular formula is C19H23BrN2O2. The summed E-state index contributed by atoms with van der Waals surface area (Å²) in [6.45, 7) is 6.59. The van der Waals surface area contributed by atoms with Crippen molar-refractivity contribution in [3.63, 3.8) is 0 Å². The lowest BCUT2D eigenvalue weighted by molar-refractivity contribution is -0.116. The van der Waals surface area contributed by atoms with Crippen molar-refractivity contribution in [2.24, 2.45) is 0 Å². The van der Waals surface area contributed by atoms with Gasteiger partial charge in [0.25, 0.3) is 0 Å². The van der Waals surface area contributed by atoms with Gasteiger partial charge < -0.3 is 15.4 Å². The number of carbonyl (C=O) groups excluding carboxylic acids is 1. The molecule has 0 saturated carbocycles. The third-order valence-electron chi connectivity index (χ3n) is 3.47. The minimum atomic E-state index is -0.375. The van der Waals surface area contributed by atoms with E-state index in [4.69, 9.17) is 4.74 Å². The fourth-order valence-corrected chi connectivity index (χ4v) is 2.77. The van der Waals surface area contributed by atoms with Gasteiger partial charge in [-0.1, -0.05) is 19.1 Å². The molecule has 1 amide bonds. The molecule has 5 heteroatoms. The first-order valence-corrected chi connectivity index (χ1v) is 8.85. The maximum Gasteiger partial charge on any atom is 0.246 e. The summed E-state index contributed by atoms with van der Waals surface area (Å²) in [6, 6.07) is 13.1. The van der Waals surface area contributed by atoms with Crippen LogP contribution >= 0.6 is 15.9 Å². The quantitative estimate of drug-likeness (QED) is 0.700. The van der Waals surface area contributed by atoms with Crippen molar-refractivity contribution in [3.8, 4) is 5.75 Å². The van der Waals surface area contributed by atoms with Crippen molar-refractivity contribution in [2.75, 3.05) is 17.2 Å². The second-order valence-corrected chi connectivity index (χ2v) is 6.57. The lowest BCUT2D eigenvalue weighted by Crippen LogP contribution is -2.32. The number of ether oxygens (including phenoxy) is 1. The number of carbonyl (C=O) groups is 1. The molecule has 0 spiro atoms. The molecule has 4 nitrogen and oxygen atoms in total. The second-order valence-electron chi connectivity index (χ2n) is 5.71. The maximum atomic E-state index is 12.4. The molecule has 0 bridgehead atoms. The highest BCUT2D eigenvalue weighted by Gasteiger charge is 2.14. The molecule has 1 unspecified atom stereocenters. The van der Waals surface area contributed by atoms with Crippen molar-refractivity contribution >= 4 is 33.2 Å². The number of hydrogen-bond acceptors (Lipinski definition) is 3. The van der Waals surface area contributed by atoms with Gasteiger partial charge >= 0.3 is 0 Å². The van der Waals surface area contributed by atoms with Crippen molar-refractivity contribution < 1.29 is 9.53 Å². The summed E-state index contributed by atoms with van der Waals surface area (Å²) in [6.07, 6.45) is 0.960. The van der Waals surface area contributed by atoms with Crippen molar-refractivity contribution in [1.82, 2.24) is 0 Å². The van der Waals surface area contributed by atoms with Crippen molar-refractivity contribution in [2.45, 2.75) is 33.2 Å². The fourth-order valence-electron chi connectivity index (χ4n) is 2.17. The zero-order valence-corrected chi connectivity index (χ0v) is 15.8. The Bertz CT molecular complexity index is 704. The summed E-state index contributed by atoms with van der Waals surface area (Å²) in [4.78, 5) is 12.4. The van der Waals surface area contributed by atoms with Crippen molar-refractivity contribution in [1.29, 1.82) is 0 Å². The van der Waals surface area contributed by atoms with E-state index in [0.717, 1.165) is 33.6 Å². The molecule has 2 N–H and O–H groups in total. The van der Waals surface area contributed by atoms with Gasteiger partial charge in [0.15, 0.2) is 0 Å². The summed E-state index contributed by atoms with van der Waals surface area (Å²) in [7, 11) is 0. The first-order chi connectivity index (χ1) is 11.5. The molecule has 128 valence electrons. The molecule has 2 rings (SSSR count). The first kappa shape index (κ1) is 18.3. The summed E-state index contributed by atoms with van der Waals surface area (Å²) in [5.74, 6) is 0.704. The van der Waals surface area contributed by atoms with E-state index in [9.17, 15) is 4.79 Å². The Balaban J connectivity index is 1.98.